The topological polar surface area (TPSA) is 49.9 Å². The fourth-order valence-electron chi connectivity index (χ4n) is 5.52. The number of methoxy groups -OCH3 is 1. The molecule has 5 rings (SSSR count). The maximum absolute atomic E-state index is 13.6. The number of piperidine rings is 1. The number of likely N-dealkylation sites (N-methyl/N-ethyl adjacent to an activating group) is 1. The lowest BCUT2D eigenvalue weighted by Gasteiger charge is -2.33. The van der Waals surface area contributed by atoms with E-state index in [0.29, 0.717) is 16.6 Å². The largest absolute Gasteiger partial charge is 0.495 e. The van der Waals surface area contributed by atoms with Crippen molar-refractivity contribution >= 4 is 15.5 Å². The molecule has 0 unspecified atom stereocenters. The number of ether oxygens (including phenoxy) is 1. The van der Waals surface area contributed by atoms with E-state index >= 15 is 0 Å². The zero-order chi connectivity index (χ0) is 25.1. The highest BCUT2D eigenvalue weighted by molar-refractivity contribution is 7.91. The molecule has 0 spiro atoms. The van der Waals surface area contributed by atoms with Crippen LogP contribution >= 0.6 is 0 Å². The maximum Gasteiger partial charge on any atom is 0.210 e. The van der Waals surface area contributed by atoms with Crippen LogP contribution < -0.4 is 9.64 Å². The van der Waals surface area contributed by atoms with E-state index in [-0.39, 0.29) is 4.90 Å². The maximum atomic E-state index is 13.6. The Morgan fingerprint density at radius 1 is 0.861 bits per heavy atom. The Bertz CT molecular complexity index is 1280. The van der Waals surface area contributed by atoms with E-state index in [1.165, 1.54) is 11.1 Å². The molecule has 6 heteroatoms. The molecule has 2 heterocycles. The van der Waals surface area contributed by atoms with Gasteiger partial charge in [0.15, 0.2) is 0 Å². The predicted octanol–water partition coefficient (Wildman–Crippen LogP) is 5.02. The van der Waals surface area contributed by atoms with Gasteiger partial charge in [0.2, 0.25) is 9.84 Å². The fraction of sp³-hybridized carbons (Fsp3) is 0.400. The summed E-state index contributed by atoms with van der Waals surface area (Å²) in [7, 11) is -0.0337. The van der Waals surface area contributed by atoms with Crippen molar-refractivity contribution < 1.29 is 13.2 Å². The SMILES string of the molecule is COc1cc2c(cc1S(=O)(=O)c1ccc(N3CCC(Cc4ccccc4)CC3)cc1)CCN(C)CC2. The molecule has 3 aromatic carbocycles. The molecule has 0 bridgehead atoms. The third-order valence-electron chi connectivity index (χ3n) is 7.80. The molecule has 2 aliphatic rings. The van der Waals surface area contributed by atoms with Crippen LogP contribution in [0.1, 0.15) is 29.5 Å². The monoisotopic (exact) mass is 504 g/mol. The van der Waals surface area contributed by atoms with Crippen molar-refractivity contribution in [3.8, 4) is 5.75 Å². The summed E-state index contributed by atoms with van der Waals surface area (Å²) in [5.41, 5.74) is 4.78. The average molecular weight is 505 g/mol. The Morgan fingerprint density at radius 3 is 2.14 bits per heavy atom. The molecule has 190 valence electrons. The van der Waals surface area contributed by atoms with Gasteiger partial charge in [-0.25, -0.2) is 8.42 Å². The quantitative estimate of drug-likeness (QED) is 0.472. The first-order valence-electron chi connectivity index (χ1n) is 13.0. The van der Waals surface area contributed by atoms with Gasteiger partial charge in [-0.1, -0.05) is 30.3 Å². The molecule has 1 fully saturated rings. The van der Waals surface area contributed by atoms with Gasteiger partial charge in [0.25, 0.3) is 0 Å². The van der Waals surface area contributed by atoms with Crippen molar-refractivity contribution in [1.82, 2.24) is 4.90 Å². The molecule has 5 nitrogen and oxygen atoms in total. The summed E-state index contributed by atoms with van der Waals surface area (Å²) < 4.78 is 32.9. The zero-order valence-electron chi connectivity index (χ0n) is 21.3. The molecule has 2 aliphatic heterocycles. The summed E-state index contributed by atoms with van der Waals surface area (Å²) in [4.78, 5) is 5.23. The molecule has 36 heavy (non-hydrogen) atoms. The van der Waals surface area contributed by atoms with E-state index in [4.69, 9.17) is 4.74 Å². The average Bonchev–Trinajstić information content (AvgIpc) is 3.10. The number of hydrogen-bond acceptors (Lipinski definition) is 5. The van der Waals surface area contributed by atoms with Crippen LogP contribution in [0.15, 0.2) is 76.5 Å². The van der Waals surface area contributed by atoms with Crippen molar-refractivity contribution in [1.29, 1.82) is 0 Å². The summed E-state index contributed by atoms with van der Waals surface area (Å²) in [6.45, 7) is 3.89. The Morgan fingerprint density at radius 2 is 1.50 bits per heavy atom. The van der Waals surface area contributed by atoms with Crippen molar-refractivity contribution in [3.63, 3.8) is 0 Å². The minimum absolute atomic E-state index is 0.266. The number of rotatable bonds is 6. The summed E-state index contributed by atoms with van der Waals surface area (Å²) in [6.07, 6.45) is 5.18. The lowest BCUT2D eigenvalue weighted by molar-refractivity contribution is 0.352. The van der Waals surface area contributed by atoms with Crippen molar-refractivity contribution in [2.24, 2.45) is 5.92 Å². The number of benzene rings is 3. The second kappa shape index (κ2) is 10.7. The molecule has 0 N–H and O–H groups in total. The lowest BCUT2D eigenvalue weighted by atomic mass is 9.90. The number of fused-ring (bicyclic) bond motifs is 1. The van der Waals surface area contributed by atoms with Crippen LogP contribution in [0, 0.1) is 5.92 Å². The third kappa shape index (κ3) is 5.30. The first-order chi connectivity index (χ1) is 17.4. The smallest absolute Gasteiger partial charge is 0.210 e. The van der Waals surface area contributed by atoms with E-state index in [1.54, 1.807) is 19.2 Å². The Kier molecular flexibility index (Phi) is 7.35. The minimum Gasteiger partial charge on any atom is -0.495 e. The predicted molar refractivity (Wildman–Crippen MR) is 145 cm³/mol. The van der Waals surface area contributed by atoms with Crippen LogP contribution in [0.5, 0.6) is 5.75 Å². The summed E-state index contributed by atoms with van der Waals surface area (Å²) in [5, 5.41) is 0. The molecule has 0 atom stereocenters. The normalized spacial score (nSPS) is 17.4. The lowest BCUT2D eigenvalue weighted by Crippen LogP contribution is -2.34. The highest BCUT2D eigenvalue weighted by Crippen LogP contribution is 2.34. The van der Waals surface area contributed by atoms with Gasteiger partial charge in [-0.3, -0.25) is 0 Å². The Labute approximate surface area is 215 Å². The first kappa shape index (κ1) is 24.8. The number of hydrogen-bond donors (Lipinski definition) is 0. The Balaban J connectivity index is 1.30. The molecule has 0 aliphatic carbocycles. The molecular weight excluding hydrogens is 468 g/mol. The Hall–Kier alpha value is -2.83. The molecule has 0 aromatic heterocycles. The second-order valence-electron chi connectivity index (χ2n) is 10.2. The van der Waals surface area contributed by atoms with Crippen molar-refractivity contribution in [2.75, 3.05) is 45.2 Å². The van der Waals surface area contributed by atoms with Gasteiger partial charge in [0.1, 0.15) is 10.6 Å². The van der Waals surface area contributed by atoms with Gasteiger partial charge in [0.05, 0.1) is 12.0 Å². The fourth-order valence-corrected chi connectivity index (χ4v) is 6.97. The number of sulfone groups is 1. The third-order valence-corrected chi connectivity index (χ3v) is 9.59. The van der Waals surface area contributed by atoms with Crippen LogP contribution in [0.3, 0.4) is 0 Å². The zero-order valence-corrected chi connectivity index (χ0v) is 22.1. The van der Waals surface area contributed by atoms with Gasteiger partial charge in [-0.2, -0.15) is 0 Å². The van der Waals surface area contributed by atoms with Crippen LogP contribution in [0.25, 0.3) is 0 Å². The van der Waals surface area contributed by atoms with E-state index in [9.17, 15) is 8.42 Å². The summed E-state index contributed by atoms with van der Waals surface area (Å²) in [6, 6.07) is 21.9. The second-order valence-corrected chi connectivity index (χ2v) is 12.1. The number of nitrogens with zero attached hydrogens (tertiary/aromatic N) is 2. The molecule has 0 amide bonds. The van der Waals surface area contributed by atoms with E-state index in [2.05, 4.69) is 47.2 Å². The van der Waals surface area contributed by atoms with Gasteiger partial charge in [-0.05, 0) is 98.2 Å². The van der Waals surface area contributed by atoms with Gasteiger partial charge >= 0.3 is 0 Å². The molecule has 0 radical (unpaired) electrons. The van der Waals surface area contributed by atoms with E-state index in [1.807, 2.05) is 24.3 Å². The summed E-state index contributed by atoms with van der Waals surface area (Å²) >= 11 is 0. The van der Waals surface area contributed by atoms with Gasteiger partial charge < -0.3 is 14.5 Å². The number of anilines is 1. The van der Waals surface area contributed by atoms with Crippen molar-refractivity contribution in [3.05, 3.63) is 83.4 Å². The highest BCUT2D eigenvalue weighted by atomic mass is 32.2. The van der Waals surface area contributed by atoms with Gasteiger partial charge in [-0.15, -0.1) is 0 Å². The van der Waals surface area contributed by atoms with Crippen LogP contribution in [-0.2, 0) is 29.1 Å². The van der Waals surface area contributed by atoms with Crippen LogP contribution in [0.2, 0.25) is 0 Å². The van der Waals surface area contributed by atoms with Crippen molar-refractivity contribution in [2.45, 2.75) is 41.9 Å². The van der Waals surface area contributed by atoms with E-state index < -0.39 is 9.84 Å². The highest BCUT2D eigenvalue weighted by Gasteiger charge is 2.26. The molecular formula is C30H36N2O3S. The molecule has 1 saturated heterocycles. The van der Waals surface area contributed by atoms with Gasteiger partial charge in [0, 0.05) is 31.9 Å². The molecule has 0 saturated carbocycles. The van der Waals surface area contributed by atoms with Crippen LogP contribution in [-0.4, -0.2) is 53.7 Å². The standard InChI is InChI=1S/C30H36N2O3S/c1-31-16-14-25-21-29(35-2)30(22-26(25)15-17-31)36(33,34)28-10-8-27(9-11-28)32-18-12-24(13-19-32)20-23-6-4-3-5-7-23/h3-11,21-22,24H,12-20H2,1-2H3. The summed E-state index contributed by atoms with van der Waals surface area (Å²) in [5.74, 6) is 1.13. The van der Waals surface area contributed by atoms with E-state index in [0.717, 1.165) is 69.5 Å². The minimum atomic E-state index is -3.69. The molecule has 3 aromatic rings. The first-order valence-corrected chi connectivity index (χ1v) is 14.4. The van der Waals surface area contributed by atoms with Crippen LogP contribution in [0.4, 0.5) is 5.69 Å².